The van der Waals surface area contributed by atoms with Crippen molar-refractivity contribution in [2.24, 2.45) is 0 Å². The average Bonchev–Trinajstić information content (AvgIpc) is 2.38. The highest BCUT2D eigenvalue weighted by molar-refractivity contribution is 9.10. The monoisotopic (exact) mass is 334 g/mol. The highest BCUT2D eigenvalue weighted by Crippen LogP contribution is 2.21. The SMILES string of the molecule is CCCc1cc(C(=O)O)cc(Nc2cccc(Br)c2)n1. The van der Waals surface area contributed by atoms with Gasteiger partial charge < -0.3 is 10.4 Å². The van der Waals surface area contributed by atoms with Gasteiger partial charge in [-0.25, -0.2) is 9.78 Å². The van der Waals surface area contributed by atoms with E-state index in [1.165, 1.54) is 0 Å². The lowest BCUT2D eigenvalue weighted by Gasteiger charge is -2.09. The van der Waals surface area contributed by atoms with Crippen molar-refractivity contribution in [2.45, 2.75) is 19.8 Å². The van der Waals surface area contributed by atoms with Crippen molar-refractivity contribution in [3.63, 3.8) is 0 Å². The van der Waals surface area contributed by atoms with Gasteiger partial charge in [-0.2, -0.15) is 0 Å². The van der Waals surface area contributed by atoms with E-state index in [0.717, 1.165) is 28.7 Å². The van der Waals surface area contributed by atoms with E-state index in [0.29, 0.717) is 5.82 Å². The predicted octanol–water partition coefficient (Wildman–Crippen LogP) is 4.24. The number of hydrogen-bond donors (Lipinski definition) is 2. The number of benzene rings is 1. The maximum atomic E-state index is 11.2. The van der Waals surface area contributed by atoms with Gasteiger partial charge in [0.2, 0.25) is 0 Å². The first-order chi connectivity index (χ1) is 9.58. The number of rotatable bonds is 5. The summed E-state index contributed by atoms with van der Waals surface area (Å²) in [5.41, 5.74) is 1.89. The number of anilines is 2. The van der Waals surface area contributed by atoms with Crippen LogP contribution in [0.15, 0.2) is 40.9 Å². The van der Waals surface area contributed by atoms with Crippen molar-refractivity contribution in [1.29, 1.82) is 0 Å². The number of halogens is 1. The minimum atomic E-state index is -0.943. The molecular weight excluding hydrogens is 320 g/mol. The Morgan fingerprint density at radius 2 is 2.15 bits per heavy atom. The molecular formula is C15H15BrN2O2. The van der Waals surface area contributed by atoms with Crippen LogP contribution in [0.4, 0.5) is 11.5 Å². The Hall–Kier alpha value is -1.88. The number of aromatic carboxylic acids is 1. The Kier molecular flexibility index (Phi) is 4.74. The fraction of sp³-hybridized carbons (Fsp3) is 0.200. The van der Waals surface area contributed by atoms with E-state index in [-0.39, 0.29) is 5.56 Å². The zero-order chi connectivity index (χ0) is 14.5. The molecule has 0 radical (unpaired) electrons. The quantitative estimate of drug-likeness (QED) is 0.858. The third kappa shape index (κ3) is 3.81. The first-order valence-corrected chi connectivity index (χ1v) is 7.14. The van der Waals surface area contributed by atoms with Gasteiger partial charge in [-0.1, -0.05) is 35.3 Å². The number of aryl methyl sites for hydroxylation is 1. The molecule has 0 aliphatic rings. The van der Waals surface area contributed by atoms with Crippen LogP contribution >= 0.6 is 15.9 Å². The molecule has 0 bridgehead atoms. The number of aromatic nitrogens is 1. The van der Waals surface area contributed by atoms with Crippen molar-refractivity contribution >= 4 is 33.4 Å². The molecule has 0 saturated heterocycles. The van der Waals surface area contributed by atoms with Crippen molar-refractivity contribution in [2.75, 3.05) is 5.32 Å². The minimum Gasteiger partial charge on any atom is -0.478 e. The predicted molar refractivity (Wildman–Crippen MR) is 82.6 cm³/mol. The molecule has 1 aromatic carbocycles. The Morgan fingerprint density at radius 3 is 2.80 bits per heavy atom. The summed E-state index contributed by atoms with van der Waals surface area (Å²) in [6.45, 7) is 2.04. The zero-order valence-electron chi connectivity index (χ0n) is 11.1. The molecule has 104 valence electrons. The Balaban J connectivity index is 2.32. The average molecular weight is 335 g/mol. The molecule has 20 heavy (non-hydrogen) atoms. The highest BCUT2D eigenvalue weighted by Gasteiger charge is 2.08. The van der Waals surface area contributed by atoms with Crippen LogP contribution in [0.5, 0.6) is 0 Å². The number of carboxylic acid groups (broad SMARTS) is 1. The van der Waals surface area contributed by atoms with Crippen molar-refractivity contribution < 1.29 is 9.90 Å². The maximum Gasteiger partial charge on any atom is 0.335 e. The highest BCUT2D eigenvalue weighted by atomic mass is 79.9. The fourth-order valence-electron chi connectivity index (χ4n) is 1.87. The second kappa shape index (κ2) is 6.52. The number of hydrogen-bond acceptors (Lipinski definition) is 3. The van der Waals surface area contributed by atoms with Crippen LogP contribution in [0, 0.1) is 0 Å². The van der Waals surface area contributed by atoms with Crippen LogP contribution in [0.25, 0.3) is 0 Å². The second-order valence-electron chi connectivity index (χ2n) is 4.42. The van der Waals surface area contributed by atoms with Crippen LogP contribution in [0.2, 0.25) is 0 Å². The molecule has 0 aliphatic carbocycles. The summed E-state index contributed by atoms with van der Waals surface area (Å²) in [7, 11) is 0. The summed E-state index contributed by atoms with van der Waals surface area (Å²) in [4.78, 5) is 15.6. The van der Waals surface area contributed by atoms with Gasteiger partial charge in [-0.05, 0) is 36.8 Å². The Bertz CT molecular complexity index is 629. The van der Waals surface area contributed by atoms with Crippen molar-refractivity contribution in [3.05, 3.63) is 52.1 Å². The summed E-state index contributed by atoms with van der Waals surface area (Å²) in [5, 5.41) is 12.3. The van der Waals surface area contributed by atoms with Gasteiger partial charge in [0.25, 0.3) is 0 Å². The van der Waals surface area contributed by atoms with Crippen LogP contribution in [0.1, 0.15) is 29.4 Å². The Labute approximate surface area is 126 Å². The molecule has 0 unspecified atom stereocenters. The molecule has 0 amide bonds. The molecule has 1 aromatic heterocycles. The fourth-order valence-corrected chi connectivity index (χ4v) is 2.27. The van der Waals surface area contributed by atoms with Crippen LogP contribution in [-0.2, 0) is 6.42 Å². The van der Waals surface area contributed by atoms with E-state index in [9.17, 15) is 4.79 Å². The molecule has 1 heterocycles. The van der Waals surface area contributed by atoms with Crippen LogP contribution < -0.4 is 5.32 Å². The van der Waals surface area contributed by atoms with E-state index in [4.69, 9.17) is 5.11 Å². The smallest absolute Gasteiger partial charge is 0.335 e. The van der Waals surface area contributed by atoms with Gasteiger partial charge >= 0.3 is 5.97 Å². The number of pyridine rings is 1. The lowest BCUT2D eigenvalue weighted by Crippen LogP contribution is -2.03. The standard InChI is InChI=1S/C15H15BrN2O2/c1-2-4-12-7-10(15(19)20)8-14(17-12)18-13-6-3-5-11(16)9-13/h3,5-9H,2,4H2,1H3,(H,17,18)(H,19,20). The van der Waals surface area contributed by atoms with Gasteiger partial charge in [-0.15, -0.1) is 0 Å². The van der Waals surface area contributed by atoms with Gasteiger partial charge in [0.05, 0.1) is 5.56 Å². The van der Waals surface area contributed by atoms with Gasteiger partial charge in [0.15, 0.2) is 0 Å². The van der Waals surface area contributed by atoms with E-state index >= 15 is 0 Å². The van der Waals surface area contributed by atoms with E-state index in [1.54, 1.807) is 12.1 Å². The minimum absolute atomic E-state index is 0.251. The van der Waals surface area contributed by atoms with Crippen molar-refractivity contribution in [3.8, 4) is 0 Å². The normalized spacial score (nSPS) is 10.3. The van der Waals surface area contributed by atoms with Crippen LogP contribution in [0.3, 0.4) is 0 Å². The summed E-state index contributed by atoms with van der Waals surface area (Å²) >= 11 is 3.40. The second-order valence-corrected chi connectivity index (χ2v) is 5.34. The van der Waals surface area contributed by atoms with E-state index in [1.807, 2.05) is 31.2 Å². The summed E-state index contributed by atoms with van der Waals surface area (Å²) < 4.78 is 0.950. The summed E-state index contributed by atoms with van der Waals surface area (Å²) in [6, 6.07) is 10.8. The Morgan fingerprint density at radius 1 is 1.35 bits per heavy atom. The van der Waals surface area contributed by atoms with Gasteiger partial charge in [-0.3, -0.25) is 0 Å². The molecule has 0 aliphatic heterocycles. The zero-order valence-corrected chi connectivity index (χ0v) is 12.6. The molecule has 4 nitrogen and oxygen atoms in total. The topological polar surface area (TPSA) is 62.2 Å². The number of nitrogens with zero attached hydrogens (tertiary/aromatic N) is 1. The third-order valence-electron chi connectivity index (χ3n) is 2.73. The molecule has 2 N–H and O–H groups in total. The molecule has 5 heteroatoms. The van der Waals surface area contributed by atoms with Crippen molar-refractivity contribution in [1.82, 2.24) is 4.98 Å². The summed E-state index contributed by atoms with van der Waals surface area (Å²) in [5.74, 6) is -0.395. The number of carboxylic acids is 1. The third-order valence-corrected chi connectivity index (χ3v) is 3.22. The van der Waals surface area contributed by atoms with E-state index in [2.05, 4.69) is 26.2 Å². The molecule has 0 spiro atoms. The van der Waals surface area contributed by atoms with Gasteiger partial charge in [0, 0.05) is 15.9 Å². The van der Waals surface area contributed by atoms with Gasteiger partial charge in [0.1, 0.15) is 5.82 Å². The molecule has 0 saturated carbocycles. The molecule has 0 atom stereocenters. The van der Waals surface area contributed by atoms with Crippen LogP contribution in [-0.4, -0.2) is 16.1 Å². The first-order valence-electron chi connectivity index (χ1n) is 6.35. The van der Waals surface area contributed by atoms with E-state index < -0.39 is 5.97 Å². The molecule has 2 aromatic rings. The number of nitrogens with one attached hydrogen (secondary N) is 1. The molecule has 0 fully saturated rings. The first kappa shape index (κ1) is 14.5. The summed E-state index contributed by atoms with van der Waals surface area (Å²) in [6.07, 6.45) is 1.68. The maximum absolute atomic E-state index is 11.2. The largest absolute Gasteiger partial charge is 0.478 e. The number of carbonyl (C=O) groups is 1. The lowest BCUT2D eigenvalue weighted by molar-refractivity contribution is 0.0696. The lowest BCUT2D eigenvalue weighted by atomic mass is 10.1. The molecule has 2 rings (SSSR count).